The average Bonchev–Trinajstić information content (AvgIpc) is 2.19. The average molecular weight is 358 g/mol. The summed E-state index contributed by atoms with van der Waals surface area (Å²) in [5.41, 5.74) is 0.219. The van der Waals surface area contributed by atoms with Crippen molar-refractivity contribution in [1.82, 2.24) is 4.31 Å². The fourth-order valence-electron chi connectivity index (χ4n) is 0.986. The molecule has 0 amide bonds. The Morgan fingerprint density at radius 1 is 1.22 bits per heavy atom. The van der Waals surface area contributed by atoms with E-state index in [1.54, 1.807) is 0 Å². The minimum Gasteiger partial charge on any atom is -0.270 e. The highest BCUT2D eigenvalue weighted by Crippen LogP contribution is 2.26. The minimum absolute atomic E-state index is 0.109. The number of anilines is 1. The molecule has 0 bridgehead atoms. The minimum atomic E-state index is -3.82. The number of hydrogen-bond acceptors (Lipinski definition) is 4. The molecule has 0 aliphatic carbocycles. The third-order valence-corrected chi connectivity index (χ3v) is 5.00. The van der Waals surface area contributed by atoms with Crippen molar-refractivity contribution in [2.75, 3.05) is 18.8 Å². The van der Waals surface area contributed by atoms with E-state index < -0.39 is 20.2 Å². The molecule has 3 N–H and O–H groups in total. The lowest BCUT2D eigenvalue weighted by Gasteiger charge is -2.14. The molecule has 10 heteroatoms. The molecule has 0 aromatic heterocycles. The Kier molecular flexibility index (Phi) is 4.38. The van der Waals surface area contributed by atoms with Gasteiger partial charge in [0, 0.05) is 18.6 Å². The summed E-state index contributed by atoms with van der Waals surface area (Å²) in [7, 11) is -4.73. The fraction of sp³-hybridized carbons (Fsp3) is 0.250. The highest BCUT2D eigenvalue weighted by atomic mass is 79.9. The fourth-order valence-corrected chi connectivity index (χ4v) is 2.92. The van der Waals surface area contributed by atoms with Crippen LogP contribution in [0.15, 0.2) is 27.6 Å². The second-order valence-corrected chi connectivity index (χ2v) is 7.88. The lowest BCUT2D eigenvalue weighted by molar-refractivity contribution is 0.527. The van der Waals surface area contributed by atoms with Gasteiger partial charge < -0.3 is 0 Å². The van der Waals surface area contributed by atoms with E-state index in [0.29, 0.717) is 0 Å². The van der Waals surface area contributed by atoms with E-state index in [1.165, 1.54) is 32.3 Å². The van der Waals surface area contributed by atoms with Crippen LogP contribution in [0, 0.1) is 0 Å². The number of hydrogen-bond donors (Lipinski definition) is 2. The maximum Gasteiger partial charge on any atom is 0.301 e. The van der Waals surface area contributed by atoms with Crippen LogP contribution in [0.5, 0.6) is 0 Å². The maximum atomic E-state index is 11.6. The lowest BCUT2D eigenvalue weighted by atomic mass is 10.3. The molecule has 0 aliphatic rings. The number of nitrogens with one attached hydrogen (secondary N) is 1. The van der Waals surface area contributed by atoms with Crippen molar-refractivity contribution in [2.45, 2.75) is 4.90 Å². The first kappa shape index (κ1) is 15.4. The molecule has 1 aromatic carbocycles. The van der Waals surface area contributed by atoms with Crippen LogP contribution in [-0.2, 0) is 20.2 Å². The summed E-state index contributed by atoms with van der Waals surface area (Å²) in [6.45, 7) is 0. The normalized spacial score (nSPS) is 12.7. The van der Waals surface area contributed by atoms with Gasteiger partial charge in [-0.2, -0.15) is 12.7 Å². The molecule has 102 valence electrons. The van der Waals surface area contributed by atoms with Crippen LogP contribution in [0.25, 0.3) is 0 Å². The number of halogens is 1. The zero-order valence-corrected chi connectivity index (χ0v) is 12.8. The molecule has 0 saturated heterocycles. The predicted molar refractivity (Wildman–Crippen MR) is 71.7 cm³/mol. The van der Waals surface area contributed by atoms with E-state index in [-0.39, 0.29) is 15.1 Å². The van der Waals surface area contributed by atoms with Crippen molar-refractivity contribution >= 4 is 41.8 Å². The molecular weight excluding hydrogens is 346 g/mol. The lowest BCUT2D eigenvalue weighted by Crippen LogP contribution is -2.29. The topological polar surface area (TPSA) is 110 Å². The van der Waals surface area contributed by atoms with Gasteiger partial charge in [0.15, 0.2) is 0 Å². The number of rotatable bonds is 4. The number of nitrogens with two attached hydrogens (primary N) is 1. The molecule has 0 aliphatic heterocycles. The number of sulfonamides is 1. The van der Waals surface area contributed by atoms with Crippen LogP contribution in [0.3, 0.4) is 0 Å². The quantitative estimate of drug-likeness (QED) is 0.807. The maximum absolute atomic E-state index is 11.6. The van der Waals surface area contributed by atoms with Gasteiger partial charge in [-0.1, -0.05) is 0 Å². The summed E-state index contributed by atoms with van der Waals surface area (Å²) < 4.78 is 48.9. The number of primary sulfonamides is 1. The van der Waals surface area contributed by atoms with Gasteiger partial charge in [-0.05, 0) is 34.1 Å². The van der Waals surface area contributed by atoms with Gasteiger partial charge in [0.25, 0.3) is 0 Å². The van der Waals surface area contributed by atoms with Crippen molar-refractivity contribution in [2.24, 2.45) is 5.14 Å². The second kappa shape index (κ2) is 5.13. The van der Waals surface area contributed by atoms with E-state index in [2.05, 4.69) is 20.7 Å². The van der Waals surface area contributed by atoms with Gasteiger partial charge in [-0.15, -0.1) is 0 Å². The molecular formula is C8H12BrN3O4S2. The first-order valence-electron chi connectivity index (χ1n) is 4.56. The summed E-state index contributed by atoms with van der Waals surface area (Å²) in [6, 6.07) is 3.75. The third-order valence-electron chi connectivity index (χ3n) is 1.99. The van der Waals surface area contributed by atoms with Crippen LogP contribution in [0.2, 0.25) is 0 Å². The Labute approximate surface area is 114 Å². The molecule has 18 heavy (non-hydrogen) atoms. The van der Waals surface area contributed by atoms with Crippen LogP contribution < -0.4 is 9.86 Å². The van der Waals surface area contributed by atoms with E-state index in [1.807, 2.05) is 0 Å². The smallest absolute Gasteiger partial charge is 0.270 e. The van der Waals surface area contributed by atoms with Gasteiger partial charge >= 0.3 is 10.2 Å². The van der Waals surface area contributed by atoms with Crippen LogP contribution in [0.1, 0.15) is 0 Å². The monoisotopic (exact) mass is 357 g/mol. The molecule has 0 radical (unpaired) electrons. The Morgan fingerprint density at radius 2 is 1.78 bits per heavy atom. The molecule has 0 spiro atoms. The van der Waals surface area contributed by atoms with Gasteiger partial charge in [0.2, 0.25) is 10.0 Å². The second-order valence-electron chi connectivity index (χ2n) is 3.58. The number of benzene rings is 1. The van der Waals surface area contributed by atoms with E-state index in [9.17, 15) is 16.8 Å². The van der Waals surface area contributed by atoms with Gasteiger partial charge in [-0.3, -0.25) is 4.72 Å². The van der Waals surface area contributed by atoms with Crippen molar-refractivity contribution in [3.05, 3.63) is 22.7 Å². The molecule has 0 heterocycles. The van der Waals surface area contributed by atoms with Crippen molar-refractivity contribution in [1.29, 1.82) is 0 Å². The molecule has 0 saturated carbocycles. The van der Waals surface area contributed by atoms with Crippen LogP contribution in [0.4, 0.5) is 5.69 Å². The Bertz CT molecular complexity index is 655. The first-order chi connectivity index (χ1) is 8.04. The summed E-state index contributed by atoms with van der Waals surface area (Å²) >= 11 is 3.08. The largest absolute Gasteiger partial charge is 0.301 e. The summed E-state index contributed by atoms with van der Waals surface area (Å²) in [4.78, 5) is -0.109. The molecule has 0 atom stereocenters. The SMILES string of the molecule is CN(C)S(=O)(=O)Nc1ccc(S(N)(=O)=O)cc1Br. The van der Waals surface area contributed by atoms with Crippen molar-refractivity contribution in [3.63, 3.8) is 0 Å². The van der Waals surface area contributed by atoms with E-state index in [0.717, 1.165) is 4.31 Å². The highest BCUT2D eigenvalue weighted by molar-refractivity contribution is 9.10. The van der Waals surface area contributed by atoms with Gasteiger partial charge in [-0.25, -0.2) is 13.6 Å². The summed E-state index contributed by atoms with van der Waals surface area (Å²) in [6.07, 6.45) is 0. The Balaban J connectivity index is 3.16. The Hall–Kier alpha value is -0.680. The first-order valence-corrected chi connectivity index (χ1v) is 8.34. The van der Waals surface area contributed by atoms with Gasteiger partial charge in [0.1, 0.15) is 0 Å². The number of nitrogens with zero attached hydrogens (tertiary/aromatic N) is 1. The third kappa shape index (κ3) is 3.65. The predicted octanol–water partition coefficient (Wildman–Crippen LogP) is 0.315. The van der Waals surface area contributed by atoms with E-state index >= 15 is 0 Å². The van der Waals surface area contributed by atoms with Crippen LogP contribution in [-0.4, -0.2) is 35.2 Å². The molecule has 1 rings (SSSR count). The molecule has 0 fully saturated rings. The van der Waals surface area contributed by atoms with Crippen molar-refractivity contribution < 1.29 is 16.8 Å². The highest BCUT2D eigenvalue weighted by Gasteiger charge is 2.16. The molecule has 1 aromatic rings. The van der Waals surface area contributed by atoms with Crippen LogP contribution >= 0.6 is 15.9 Å². The molecule has 0 unspecified atom stereocenters. The zero-order valence-electron chi connectivity index (χ0n) is 9.58. The summed E-state index contributed by atoms with van der Waals surface area (Å²) in [5.74, 6) is 0. The Morgan fingerprint density at radius 3 is 2.17 bits per heavy atom. The van der Waals surface area contributed by atoms with E-state index in [4.69, 9.17) is 5.14 Å². The zero-order chi connectivity index (χ0) is 14.1. The van der Waals surface area contributed by atoms with Crippen molar-refractivity contribution in [3.8, 4) is 0 Å². The molecule has 7 nitrogen and oxygen atoms in total. The summed E-state index contributed by atoms with van der Waals surface area (Å²) in [5, 5.41) is 4.96. The van der Waals surface area contributed by atoms with Gasteiger partial charge in [0.05, 0.1) is 10.6 Å². The standard InChI is InChI=1S/C8H12BrN3O4S2/c1-12(2)18(15,16)11-8-4-3-6(5-7(8)9)17(10,13)14/h3-5,11H,1-2H3,(H2,10,13,14).